The van der Waals surface area contributed by atoms with E-state index in [0.717, 1.165) is 24.3 Å². The molecule has 8 heteroatoms. The molecule has 108 valence electrons. The lowest BCUT2D eigenvalue weighted by Gasteiger charge is -2.23. The van der Waals surface area contributed by atoms with Gasteiger partial charge in [0.25, 0.3) is 0 Å². The number of halogens is 1. The molecule has 5 nitrogen and oxygen atoms in total. The van der Waals surface area contributed by atoms with Crippen LogP contribution in [-0.4, -0.2) is 34.2 Å². The Morgan fingerprint density at radius 1 is 1.11 bits per heavy atom. The number of sulfonamides is 1. The van der Waals surface area contributed by atoms with Crippen LogP contribution in [0.2, 0.25) is 0 Å². The van der Waals surface area contributed by atoms with Gasteiger partial charge in [-0.2, -0.15) is 12.7 Å². The molecular formula is C11H16FNO4S2. The van der Waals surface area contributed by atoms with Crippen molar-refractivity contribution in [2.75, 3.05) is 7.05 Å². The van der Waals surface area contributed by atoms with Crippen LogP contribution in [0, 0.1) is 0 Å². The molecule has 0 aliphatic heterocycles. The molecule has 0 aliphatic carbocycles. The highest BCUT2D eigenvalue weighted by Crippen LogP contribution is 2.20. The Hall–Kier alpha value is -0.990. The Morgan fingerprint density at radius 2 is 1.53 bits per heavy atom. The minimum atomic E-state index is -4.81. The van der Waals surface area contributed by atoms with Gasteiger partial charge in [-0.3, -0.25) is 0 Å². The molecule has 1 unspecified atom stereocenters. The summed E-state index contributed by atoms with van der Waals surface area (Å²) < 4.78 is 59.6. The number of hydrogen-bond acceptors (Lipinski definition) is 4. The molecule has 19 heavy (non-hydrogen) atoms. The summed E-state index contributed by atoms with van der Waals surface area (Å²) in [4.78, 5) is -0.625. The van der Waals surface area contributed by atoms with Crippen LogP contribution in [0.1, 0.15) is 20.3 Å². The van der Waals surface area contributed by atoms with Crippen molar-refractivity contribution in [2.24, 2.45) is 0 Å². The minimum absolute atomic E-state index is 0.0669. The molecule has 0 aromatic heterocycles. The summed E-state index contributed by atoms with van der Waals surface area (Å²) in [6.07, 6.45) is 0.646. The fourth-order valence-corrected chi connectivity index (χ4v) is 3.33. The second-order valence-electron chi connectivity index (χ2n) is 4.19. The van der Waals surface area contributed by atoms with Gasteiger partial charge in [-0.1, -0.05) is 6.92 Å². The summed E-state index contributed by atoms with van der Waals surface area (Å²) in [6, 6.07) is 3.86. The third-order valence-electron chi connectivity index (χ3n) is 2.99. The summed E-state index contributed by atoms with van der Waals surface area (Å²) in [5, 5.41) is 0. The maximum Gasteiger partial charge on any atom is 0.332 e. The maximum atomic E-state index is 12.7. The molecule has 1 aromatic carbocycles. The molecule has 0 bridgehead atoms. The fourth-order valence-electron chi connectivity index (χ4n) is 1.43. The van der Waals surface area contributed by atoms with E-state index in [2.05, 4.69) is 0 Å². The quantitative estimate of drug-likeness (QED) is 0.777. The second-order valence-corrected chi connectivity index (χ2v) is 7.53. The number of hydrogen-bond donors (Lipinski definition) is 0. The van der Waals surface area contributed by atoms with Crippen molar-refractivity contribution < 1.29 is 20.7 Å². The minimum Gasteiger partial charge on any atom is -0.207 e. The zero-order valence-corrected chi connectivity index (χ0v) is 12.5. The summed E-state index contributed by atoms with van der Waals surface area (Å²) in [5.74, 6) is 0. The molecule has 0 aliphatic rings. The fraction of sp³-hybridized carbons (Fsp3) is 0.455. The monoisotopic (exact) mass is 309 g/mol. The zero-order chi connectivity index (χ0) is 14.8. The van der Waals surface area contributed by atoms with Crippen LogP contribution in [-0.2, 0) is 20.2 Å². The van der Waals surface area contributed by atoms with Gasteiger partial charge in [0.05, 0.1) is 9.79 Å². The van der Waals surface area contributed by atoms with Crippen molar-refractivity contribution >= 4 is 20.2 Å². The molecular weight excluding hydrogens is 293 g/mol. The highest BCUT2D eigenvalue weighted by atomic mass is 32.3. The molecule has 0 saturated carbocycles. The Kier molecular flexibility index (Phi) is 4.70. The summed E-state index contributed by atoms with van der Waals surface area (Å²) in [7, 11) is -7.06. The van der Waals surface area contributed by atoms with E-state index in [-0.39, 0.29) is 10.9 Å². The average Bonchev–Trinajstić information content (AvgIpc) is 2.36. The molecule has 0 N–H and O–H groups in total. The highest BCUT2D eigenvalue weighted by molar-refractivity contribution is 7.89. The van der Waals surface area contributed by atoms with Gasteiger partial charge in [0, 0.05) is 13.1 Å². The van der Waals surface area contributed by atoms with E-state index in [0.29, 0.717) is 6.42 Å². The highest BCUT2D eigenvalue weighted by Gasteiger charge is 2.25. The van der Waals surface area contributed by atoms with Crippen LogP contribution >= 0.6 is 0 Å². The smallest absolute Gasteiger partial charge is 0.207 e. The van der Waals surface area contributed by atoms with E-state index >= 15 is 0 Å². The van der Waals surface area contributed by atoms with Crippen LogP contribution in [0.15, 0.2) is 34.1 Å². The molecule has 1 rings (SSSR count). The Bertz CT molecular complexity index is 638. The van der Waals surface area contributed by atoms with Gasteiger partial charge < -0.3 is 0 Å². The van der Waals surface area contributed by atoms with Crippen molar-refractivity contribution in [2.45, 2.75) is 36.1 Å². The first-order valence-corrected chi connectivity index (χ1v) is 8.45. The first kappa shape index (κ1) is 16.1. The van der Waals surface area contributed by atoms with E-state index in [9.17, 15) is 20.7 Å². The average molecular weight is 309 g/mol. The summed E-state index contributed by atoms with van der Waals surface area (Å²) in [6.45, 7) is 3.62. The third-order valence-corrected chi connectivity index (χ3v) is 5.82. The van der Waals surface area contributed by atoms with Crippen molar-refractivity contribution in [1.29, 1.82) is 0 Å². The first-order valence-electron chi connectivity index (χ1n) is 5.63. The molecule has 0 radical (unpaired) electrons. The van der Waals surface area contributed by atoms with Crippen molar-refractivity contribution in [3.63, 3.8) is 0 Å². The number of benzene rings is 1. The van der Waals surface area contributed by atoms with Crippen molar-refractivity contribution in [3.8, 4) is 0 Å². The Morgan fingerprint density at radius 3 is 1.89 bits per heavy atom. The van der Waals surface area contributed by atoms with Gasteiger partial charge in [-0.05, 0) is 37.6 Å². The normalized spacial score (nSPS) is 14.6. The van der Waals surface area contributed by atoms with E-state index in [1.165, 1.54) is 11.4 Å². The lowest BCUT2D eigenvalue weighted by atomic mass is 10.3. The lowest BCUT2D eigenvalue weighted by molar-refractivity contribution is 0.380. The molecule has 0 amide bonds. The van der Waals surface area contributed by atoms with Crippen molar-refractivity contribution in [1.82, 2.24) is 4.31 Å². The maximum absolute atomic E-state index is 12.7. The van der Waals surface area contributed by atoms with E-state index < -0.39 is 25.1 Å². The van der Waals surface area contributed by atoms with Gasteiger partial charge in [-0.15, -0.1) is 3.89 Å². The summed E-state index contributed by atoms with van der Waals surface area (Å²) in [5.41, 5.74) is 0. The number of rotatable bonds is 5. The molecule has 1 atom stereocenters. The van der Waals surface area contributed by atoms with Crippen LogP contribution in [0.25, 0.3) is 0 Å². The Labute approximate surface area is 113 Å². The van der Waals surface area contributed by atoms with Gasteiger partial charge >= 0.3 is 10.2 Å². The Balaban J connectivity index is 3.18. The largest absolute Gasteiger partial charge is 0.332 e. The third kappa shape index (κ3) is 3.52. The second kappa shape index (κ2) is 5.56. The van der Waals surface area contributed by atoms with E-state index in [4.69, 9.17) is 0 Å². The number of nitrogens with zero attached hydrogens (tertiary/aromatic N) is 1. The first-order chi connectivity index (χ1) is 8.60. The van der Waals surface area contributed by atoms with E-state index in [1.54, 1.807) is 6.92 Å². The standard InChI is InChI=1S/C11H16FNO4S2/c1-4-9(2)13(3)19(16,17)11-7-5-10(6-8-11)18(12,14)15/h5-9H,4H2,1-3H3. The van der Waals surface area contributed by atoms with Crippen molar-refractivity contribution in [3.05, 3.63) is 24.3 Å². The molecule has 0 saturated heterocycles. The predicted octanol–water partition coefficient (Wildman–Crippen LogP) is 1.76. The van der Waals surface area contributed by atoms with E-state index in [1.807, 2.05) is 6.92 Å². The van der Waals surface area contributed by atoms with Gasteiger partial charge in [0.2, 0.25) is 10.0 Å². The lowest BCUT2D eigenvalue weighted by Crippen LogP contribution is -2.34. The van der Waals surface area contributed by atoms with Crippen LogP contribution < -0.4 is 0 Å². The van der Waals surface area contributed by atoms with Gasteiger partial charge in [0.1, 0.15) is 0 Å². The zero-order valence-electron chi connectivity index (χ0n) is 10.9. The molecule has 1 aromatic rings. The van der Waals surface area contributed by atoms with Crippen LogP contribution in [0.3, 0.4) is 0 Å². The molecule has 0 heterocycles. The van der Waals surface area contributed by atoms with Crippen LogP contribution in [0.4, 0.5) is 3.89 Å². The topological polar surface area (TPSA) is 71.5 Å². The molecule has 0 fully saturated rings. The van der Waals surface area contributed by atoms with Crippen LogP contribution in [0.5, 0.6) is 0 Å². The van der Waals surface area contributed by atoms with Gasteiger partial charge in [-0.25, -0.2) is 8.42 Å². The SMILES string of the molecule is CCC(C)N(C)S(=O)(=O)c1ccc(S(=O)(=O)F)cc1. The predicted molar refractivity (Wildman–Crippen MR) is 69.4 cm³/mol. The summed E-state index contributed by atoms with van der Waals surface area (Å²) >= 11 is 0. The molecule has 0 spiro atoms. The van der Waals surface area contributed by atoms with Gasteiger partial charge in [0.15, 0.2) is 0 Å².